The molecule has 4 nitrogen and oxygen atoms in total. The van der Waals surface area contributed by atoms with Crippen molar-refractivity contribution in [1.29, 1.82) is 0 Å². The van der Waals surface area contributed by atoms with Crippen LogP contribution in [-0.4, -0.2) is 25.2 Å². The minimum absolute atomic E-state index is 0.327. The number of unbranched alkanes of at least 4 members (excludes halogenated alkanes) is 13. The van der Waals surface area contributed by atoms with Crippen LogP contribution in [0.15, 0.2) is 24.3 Å². The van der Waals surface area contributed by atoms with Crippen LogP contribution >= 0.6 is 0 Å². The molecule has 0 radical (unpaired) electrons. The Hall–Kier alpha value is -1.84. The Morgan fingerprint density at radius 2 is 1.00 bits per heavy atom. The molecule has 0 aliphatic heterocycles. The second-order valence-electron chi connectivity index (χ2n) is 9.75. The van der Waals surface area contributed by atoms with E-state index in [1.54, 1.807) is 24.3 Å². The second-order valence-corrected chi connectivity index (χ2v) is 9.75. The number of benzene rings is 1. The van der Waals surface area contributed by atoms with Gasteiger partial charge in [0.25, 0.3) is 0 Å². The third-order valence-electron chi connectivity index (χ3n) is 6.63. The van der Waals surface area contributed by atoms with Gasteiger partial charge in [-0.15, -0.1) is 0 Å². The molecule has 0 N–H and O–H groups in total. The third kappa shape index (κ3) is 15.1. The van der Waals surface area contributed by atoms with Crippen LogP contribution < -0.4 is 0 Å². The van der Waals surface area contributed by atoms with Crippen LogP contribution in [0.25, 0.3) is 0 Å². The Morgan fingerprint density at radius 3 is 1.41 bits per heavy atom. The number of carbonyl (C=O) groups is 2. The first-order valence-electron chi connectivity index (χ1n) is 14.0. The van der Waals surface area contributed by atoms with Crippen LogP contribution in [-0.2, 0) is 9.47 Å². The highest BCUT2D eigenvalue weighted by atomic mass is 16.5. The van der Waals surface area contributed by atoms with Crippen molar-refractivity contribution in [2.24, 2.45) is 5.92 Å². The molecule has 194 valence electrons. The molecular weight excluding hydrogens is 424 g/mol. The molecule has 1 aromatic carbocycles. The van der Waals surface area contributed by atoms with Gasteiger partial charge < -0.3 is 9.47 Å². The van der Waals surface area contributed by atoms with Gasteiger partial charge in [-0.1, -0.05) is 111 Å². The van der Waals surface area contributed by atoms with Crippen LogP contribution in [0.2, 0.25) is 0 Å². The van der Waals surface area contributed by atoms with Gasteiger partial charge in [0.15, 0.2) is 0 Å². The number of rotatable bonds is 21. The molecule has 0 spiro atoms. The zero-order valence-electron chi connectivity index (χ0n) is 22.2. The molecule has 0 aliphatic rings. The highest BCUT2D eigenvalue weighted by Gasteiger charge is 2.11. The number of esters is 2. The summed E-state index contributed by atoms with van der Waals surface area (Å²) in [6.07, 6.45) is 20.2. The Labute approximate surface area is 209 Å². The molecule has 1 aromatic rings. The van der Waals surface area contributed by atoms with E-state index in [1.165, 1.54) is 77.0 Å². The monoisotopic (exact) mass is 474 g/mol. The Bertz CT molecular complexity index is 638. The molecule has 0 saturated heterocycles. The van der Waals surface area contributed by atoms with Gasteiger partial charge in [-0.3, -0.25) is 0 Å². The highest BCUT2D eigenvalue weighted by Crippen LogP contribution is 2.14. The molecule has 0 aromatic heterocycles. The summed E-state index contributed by atoms with van der Waals surface area (Å²) < 4.78 is 10.7. The summed E-state index contributed by atoms with van der Waals surface area (Å²) in [4.78, 5) is 24.3. The van der Waals surface area contributed by atoms with Crippen molar-refractivity contribution < 1.29 is 19.1 Å². The van der Waals surface area contributed by atoms with E-state index in [0.29, 0.717) is 30.3 Å². The third-order valence-corrected chi connectivity index (χ3v) is 6.63. The lowest BCUT2D eigenvalue weighted by molar-refractivity contribution is 0.0475. The molecule has 0 amide bonds. The summed E-state index contributed by atoms with van der Waals surface area (Å²) in [7, 11) is 0. The van der Waals surface area contributed by atoms with Gasteiger partial charge in [0.1, 0.15) is 0 Å². The Morgan fingerprint density at radius 1 is 0.618 bits per heavy atom. The summed E-state index contributed by atoms with van der Waals surface area (Å²) in [5, 5.41) is 0. The zero-order valence-corrected chi connectivity index (χ0v) is 22.2. The standard InChI is InChI=1S/C30H50O4/c1-4-6-7-8-9-10-11-12-13-14-15-16-17-18-24-33-29(31)27-19-21-28(22-20-27)30(32)34-25-23-26(3)5-2/h19-22,26H,4-18,23-25H2,1-3H3. The fourth-order valence-electron chi connectivity index (χ4n) is 3.93. The summed E-state index contributed by atoms with van der Waals surface area (Å²) >= 11 is 0. The average Bonchev–Trinajstić information content (AvgIpc) is 2.86. The minimum atomic E-state index is -0.342. The predicted octanol–water partition coefficient (Wildman–Crippen LogP) is 8.92. The molecule has 1 atom stereocenters. The molecule has 1 rings (SSSR count). The van der Waals surface area contributed by atoms with Gasteiger partial charge in [0.05, 0.1) is 24.3 Å². The highest BCUT2D eigenvalue weighted by molar-refractivity contribution is 5.93. The van der Waals surface area contributed by atoms with Crippen molar-refractivity contribution in [3.05, 3.63) is 35.4 Å². The molecule has 0 aliphatic carbocycles. The van der Waals surface area contributed by atoms with Crippen LogP contribution in [0.3, 0.4) is 0 Å². The molecule has 0 saturated carbocycles. The normalized spacial score (nSPS) is 11.9. The first-order chi connectivity index (χ1) is 16.6. The van der Waals surface area contributed by atoms with Crippen LogP contribution in [0.5, 0.6) is 0 Å². The Kier molecular flexibility index (Phi) is 18.2. The van der Waals surface area contributed by atoms with Gasteiger partial charge >= 0.3 is 11.9 Å². The zero-order chi connectivity index (χ0) is 24.9. The van der Waals surface area contributed by atoms with E-state index in [1.807, 2.05) is 0 Å². The lowest BCUT2D eigenvalue weighted by Crippen LogP contribution is -2.10. The van der Waals surface area contributed by atoms with Crippen LogP contribution in [0.1, 0.15) is 144 Å². The van der Waals surface area contributed by atoms with E-state index in [4.69, 9.17) is 9.47 Å². The van der Waals surface area contributed by atoms with E-state index >= 15 is 0 Å². The molecule has 1 unspecified atom stereocenters. The fraction of sp³-hybridized carbons (Fsp3) is 0.733. The maximum absolute atomic E-state index is 12.2. The predicted molar refractivity (Wildman–Crippen MR) is 141 cm³/mol. The van der Waals surface area contributed by atoms with Crippen molar-refractivity contribution in [1.82, 2.24) is 0 Å². The SMILES string of the molecule is CCCCCCCCCCCCCCCCOC(=O)c1ccc(C(=O)OCCC(C)CC)cc1. The van der Waals surface area contributed by atoms with Gasteiger partial charge in [-0.05, 0) is 43.0 Å². The van der Waals surface area contributed by atoms with Gasteiger partial charge in [0.2, 0.25) is 0 Å². The van der Waals surface area contributed by atoms with E-state index < -0.39 is 0 Å². The molecular formula is C30H50O4. The summed E-state index contributed by atoms with van der Waals surface area (Å²) in [6.45, 7) is 7.42. The van der Waals surface area contributed by atoms with Crippen molar-refractivity contribution >= 4 is 11.9 Å². The quantitative estimate of drug-likeness (QED) is 0.132. The van der Waals surface area contributed by atoms with Gasteiger partial charge in [-0.2, -0.15) is 0 Å². The molecule has 0 heterocycles. The maximum Gasteiger partial charge on any atom is 0.338 e. The van der Waals surface area contributed by atoms with Gasteiger partial charge in [-0.25, -0.2) is 9.59 Å². The van der Waals surface area contributed by atoms with E-state index in [0.717, 1.165) is 25.7 Å². The Balaban J connectivity index is 2.02. The minimum Gasteiger partial charge on any atom is -0.462 e. The van der Waals surface area contributed by atoms with Crippen LogP contribution in [0, 0.1) is 5.92 Å². The van der Waals surface area contributed by atoms with Crippen LogP contribution in [0.4, 0.5) is 0 Å². The lowest BCUT2D eigenvalue weighted by Gasteiger charge is -2.09. The lowest BCUT2D eigenvalue weighted by atomic mass is 10.0. The fourth-order valence-corrected chi connectivity index (χ4v) is 3.93. The average molecular weight is 475 g/mol. The van der Waals surface area contributed by atoms with Gasteiger partial charge in [0, 0.05) is 0 Å². The summed E-state index contributed by atoms with van der Waals surface area (Å²) in [5.41, 5.74) is 0.939. The van der Waals surface area contributed by atoms with Crippen molar-refractivity contribution in [2.45, 2.75) is 124 Å². The van der Waals surface area contributed by atoms with E-state index in [9.17, 15) is 9.59 Å². The topological polar surface area (TPSA) is 52.6 Å². The first kappa shape index (κ1) is 30.2. The second kappa shape index (κ2) is 20.5. The van der Waals surface area contributed by atoms with E-state index in [-0.39, 0.29) is 11.9 Å². The maximum atomic E-state index is 12.2. The van der Waals surface area contributed by atoms with Crippen molar-refractivity contribution in [3.8, 4) is 0 Å². The number of ether oxygens (including phenoxy) is 2. The van der Waals surface area contributed by atoms with Crippen molar-refractivity contribution in [2.75, 3.05) is 13.2 Å². The van der Waals surface area contributed by atoms with Crippen molar-refractivity contribution in [3.63, 3.8) is 0 Å². The summed E-state index contributed by atoms with van der Waals surface area (Å²) in [5.74, 6) is -0.123. The number of hydrogen-bond donors (Lipinski definition) is 0. The molecule has 0 bridgehead atoms. The summed E-state index contributed by atoms with van der Waals surface area (Å²) in [6, 6.07) is 6.54. The number of hydrogen-bond acceptors (Lipinski definition) is 4. The number of carbonyl (C=O) groups excluding carboxylic acids is 2. The molecule has 4 heteroatoms. The molecule has 0 fully saturated rings. The largest absolute Gasteiger partial charge is 0.462 e. The smallest absolute Gasteiger partial charge is 0.338 e. The van der Waals surface area contributed by atoms with E-state index in [2.05, 4.69) is 20.8 Å². The molecule has 34 heavy (non-hydrogen) atoms. The first-order valence-corrected chi connectivity index (χ1v) is 14.0.